The van der Waals surface area contributed by atoms with Crippen LogP contribution in [0.15, 0.2) is 24.3 Å². The van der Waals surface area contributed by atoms with Crippen molar-refractivity contribution >= 4 is 17.2 Å². The second-order valence-electron chi connectivity index (χ2n) is 6.29. The average molecular weight is 359 g/mol. The lowest BCUT2D eigenvalue weighted by Crippen LogP contribution is -2.38. The van der Waals surface area contributed by atoms with Gasteiger partial charge < -0.3 is 10.1 Å². The summed E-state index contributed by atoms with van der Waals surface area (Å²) in [4.78, 5) is 20.3. The zero-order chi connectivity index (χ0) is 17.6. The zero-order valence-corrected chi connectivity index (χ0v) is 15.7. The number of hydrogen-bond acceptors (Lipinski definition) is 5. The normalized spacial score (nSPS) is 15.3. The van der Waals surface area contributed by atoms with E-state index in [1.807, 2.05) is 38.1 Å². The number of thiazole rings is 1. The molecule has 1 saturated heterocycles. The summed E-state index contributed by atoms with van der Waals surface area (Å²) >= 11 is 1.69. The Morgan fingerprint density at radius 1 is 1.24 bits per heavy atom. The molecule has 0 unspecified atom stereocenters. The molecule has 0 aliphatic carbocycles. The number of rotatable bonds is 6. The van der Waals surface area contributed by atoms with Gasteiger partial charge in [-0.15, -0.1) is 11.3 Å². The number of benzene rings is 1. The van der Waals surface area contributed by atoms with Crippen molar-refractivity contribution in [3.63, 3.8) is 0 Å². The molecule has 6 heteroatoms. The first-order valence-electron chi connectivity index (χ1n) is 8.76. The molecule has 0 atom stereocenters. The molecule has 0 radical (unpaired) electrons. The second kappa shape index (κ2) is 8.56. The summed E-state index contributed by atoms with van der Waals surface area (Å²) in [6.45, 7) is 9.36. The molecular weight excluding hydrogens is 334 g/mol. The number of ether oxygens (including phenoxy) is 1. The van der Waals surface area contributed by atoms with Crippen molar-refractivity contribution in [2.75, 3.05) is 39.4 Å². The van der Waals surface area contributed by atoms with Crippen molar-refractivity contribution in [1.29, 1.82) is 0 Å². The van der Waals surface area contributed by atoms with Crippen LogP contribution in [0.25, 0.3) is 10.4 Å². The van der Waals surface area contributed by atoms with Gasteiger partial charge in [-0.3, -0.25) is 9.69 Å². The smallest absolute Gasteiger partial charge is 0.251 e. The molecular formula is C19H25N3O2S. The predicted octanol–water partition coefficient (Wildman–Crippen LogP) is 2.88. The van der Waals surface area contributed by atoms with Crippen LogP contribution >= 0.6 is 11.3 Å². The second-order valence-corrected chi connectivity index (χ2v) is 7.49. The third-order valence-corrected chi connectivity index (χ3v) is 5.48. The van der Waals surface area contributed by atoms with E-state index in [-0.39, 0.29) is 5.91 Å². The lowest BCUT2D eigenvalue weighted by atomic mass is 10.1. The summed E-state index contributed by atoms with van der Waals surface area (Å²) in [6.07, 6.45) is 0.961. The third-order valence-electron chi connectivity index (χ3n) is 4.35. The quantitative estimate of drug-likeness (QED) is 0.806. The highest BCUT2D eigenvalue weighted by atomic mass is 32.1. The molecule has 3 rings (SSSR count). The fraction of sp³-hybridized carbons (Fsp3) is 0.474. The number of nitrogens with zero attached hydrogens (tertiary/aromatic N) is 2. The van der Waals surface area contributed by atoms with Crippen LogP contribution in [0.3, 0.4) is 0 Å². The number of morpholine rings is 1. The van der Waals surface area contributed by atoms with E-state index in [1.54, 1.807) is 11.3 Å². The molecule has 0 bridgehead atoms. The van der Waals surface area contributed by atoms with Crippen LogP contribution < -0.4 is 5.32 Å². The maximum atomic E-state index is 12.3. The number of nitrogens with one attached hydrogen (secondary N) is 1. The van der Waals surface area contributed by atoms with Gasteiger partial charge in [-0.25, -0.2) is 4.98 Å². The highest BCUT2D eigenvalue weighted by molar-refractivity contribution is 7.15. The molecule has 0 spiro atoms. The Hall–Kier alpha value is -1.76. The first kappa shape index (κ1) is 18.0. The molecule has 1 aromatic heterocycles. The highest BCUT2D eigenvalue weighted by Crippen LogP contribution is 2.29. The molecule has 1 amide bonds. The van der Waals surface area contributed by atoms with Gasteiger partial charge in [-0.05, 0) is 44.5 Å². The van der Waals surface area contributed by atoms with Crippen molar-refractivity contribution in [2.45, 2.75) is 20.3 Å². The van der Waals surface area contributed by atoms with Gasteiger partial charge in [0.2, 0.25) is 0 Å². The summed E-state index contributed by atoms with van der Waals surface area (Å²) in [6, 6.07) is 7.79. The number of hydrogen-bond donors (Lipinski definition) is 1. The lowest BCUT2D eigenvalue weighted by molar-refractivity contribution is 0.0374. The molecule has 0 saturated carbocycles. The minimum atomic E-state index is -0.00858. The van der Waals surface area contributed by atoms with E-state index in [0.717, 1.165) is 55.5 Å². The van der Waals surface area contributed by atoms with Crippen LogP contribution in [0.1, 0.15) is 27.5 Å². The van der Waals surface area contributed by atoms with Crippen LogP contribution in [-0.4, -0.2) is 55.2 Å². The summed E-state index contributed by atoms with van der Waals surface area (Å²) in [5, 5.41) is 4.07. The highest BCUT2D eigenvalue weighted by Gasteiger charge is 2.11. The van der Waals surface area contributed by atoms with E-state index < -0.39 is 0 Å². The van der Waals surface area contributed by atoms with Gasteiger partial charge in [0.15, 0.2) is 0 Å². The number of carbonyl (C=O) groups excluding carboxylic acids is 1. The molecule has 5 nitrogen and oxygen atoms in total. The van der Waals surface area contributed by atoms with Gasteiger partial charge >= 0.3 is 0 Å². The predicted molar refractivity (Wildman–Crippen MR) is 101 cm³/mol. The van der Waals surface area contributed by atoms with E-state index in [1.165, 1.54) is 4.88 Å². The van der Waals surface area contributed by atoms with Gasteiger partial charge in [-0.1, -0.05) is 12.1 Å². The number of aryl methyl sites for hydroxylation is 2. The summed E-state index contributed by atoms with van der Waals surface area (Å²) < 4.78 is 5.34. The fourth-order valence-corrected chi connectivity index (χ4v) is 3.93. The van der Waals surface area contributed by atoms with Crippen molar-refractivity contribution < 1.29 is 9.53 Å². The van der Waals surface area contributed by atoms with Gasteiger partial charge in [0, 0.05) is 25.2 Å². The zero-order valence-electron chi connectivity index (χ0n) is 14.9. The molecule has 1 aromatic carbocycles. The van der Waals surface area contributed by atoms with Crippen molar-refractivity contribution in [1.82, 2.24) is 15.2 Å². The Morgan fingerprint density at radius 2 is 1.96 bits per heavy atom. The minimum absolute atomic E-state index is 0.00858. The number of amides is 1. The monoisotopic (exact) mass is 359 g/mol. The van der Waals surface area contributed by atoms with Gasteiger partial charge in [-0.2, -0.15) is 0 Å². The molecule has 2 aromatic rings. The lowest BCUT2D eigenvalue weighted by Gasteiger charge is -2.26. The number of carbonyl (C=O) groups is 1. The Kier molecular flexibility index (Phi) is 6.18. The summed E-state index contributed by atoms with van der Waals surface area (Å²) in [5.74, 6) is -0.00858. The van der Waals surface area contributed by atoms with Crippen LogP contribution in [0.4, 0.5) is 0 Å². The summed E-state index contributed by atoms with van der Waals surface area (Å²) in [7, 11) is 0. The first-order chi connectivity index (χ1) is 12.1. The molecule has 134 valence electrons. The van der Waals surface area contributed by atoms with Gasteiger partial charge in [0.1, 0.15) is 0 Å². The van der Waals surface area contributed by atoms with E-state index >= 15 is 0 Å². The topological polar surface area (TPSA) is 54.5 Å². The van der Waals surface area contributed by atoms with Gasteiger partial charge in [0.25, 0.3) is 5.91 Å². The van der Waals surface area contributed by atoms with Crippen LogP contribution in [0, 0.1) is 13.8 Å². The molecule has 25 heavy (non-hydrogen) atoms. The first-order valence-corrected chi connectivity index (χ1v) is 9.58. The SMILES string of the molecule is Cc1nc(C)c(-c2ccc(C(=O)NCCCN3CCOCC3)cc2)s1. The maximum Gasteiger partial charge on any atom is 0.251 e. The summed E-state index contributed by atoms with van der Waals surface area (Å²) in [5.41, 5.74) is 2.86. The Morgan fingerprint density at radius 3 is 2.60 bits per heavy atom. The minimum Gasteiger partial charge on any atom is -0.379 e. The van der Waals surface area contributed by atoms with E-state index in [4.69, 9.17) is 4.74 Å². The Bertz CT molecular complexity index is 706. The van der Waals surface area contributed by atoms with E-state index in [9.17, 15) is 4.79 Å². The largest absolute Gasteiger partial charge is 0.379 e. The molecule has 1 aliphatic rings. The van der Waals surface area contributed by atoms with E-state index in [0.29, 0.717) is 12.1 Å². The van der Waals surface area contributed by atoms with Crippen LogP contribution in [-0.2, 0) is 4.74 Å². The molecule has 1 aliphatic heterocycles. The van der Waals surface area contributed by atoms with Crippen molar-refractivity contribution in [3.8, 4) is 10.4 Å². The fourth-order valence-electron chi connectivity index (χ4n) is 3.00. The van der Waals surface area contributed by atoms with Gasteiger partial charge in [0.05, 0.1) is 28.8 Å². The van der Waals surface area contributed by atoms with Crippen molar-refractivity contribution in [3.05, 3.63) is 40.5 Å². The standard InChI is InChI=1S/C19H25N3O2S/c1-14-18(25-15(2)21-14)16-4-6-17(7-5-16)19(23)20-8-3-9-22-10-12-24-13-11-22/h4-7H,3,8-13H2,1-2H3,(H,20,23). The molecule has 1 fully saturated rings. The average Bonchev–Trinajstić information content (AvgIpc) is 2.98. The van der Waals surface area contributed by atoms with Crippen LogP contribution in [0.2, 0.25) is 0 Å². The Balaban J connectivity index is 1.48. The van der Waals surface area contributed by atoms with E-state index in [2.05, 4.69) is 15.2 Å². The van der Waals surface area contributed by atoms with Crippen molar-refractivity contribution in [2.24, 2.45) is 0 Å². The molecule has 2 heterocycles. The number of aromatic nitrogens is 1. The Labute approximate surface area is 153 Å². The third kappa shape index (κ3) is 4.87. The van der Waals surface area contributed by atoms with Crippen LogP contribution in [0.5, 0.6) is 0 Å². The maximum absolute atomic E-state index is 12.3. The molecule has 1 N–H and O–H groups in total.